The maximum atomic E-state index is 9.14. The van der Waals surface area contributed by atoms with Crippen molar-refractivity contribution >= 4 is 25.8 Å². The Kier molecular flexibility index (Phi) is 1.55. The van der Waals surface area contributed by atoms with Gasteiger partial charge in [-0.05, 0) is 27.2 Å². The van der Waals surface area contributed by atoms with Crippen LogP contribution < -0.4 is 0 Å². The molecule has 0 fully saturated rings. The van der Waals surface area contributed by atoms with Crippen LogP contribution in [0.3, 0.4) is 0 Å². The second kappa shape index (κ2) is 2.57. The zero-order valence-electron chi connectivity index (χ0n) is 5.98. The van der Waals surface area contributed by atoms with Gasteiger partial charge in [0, 0.05) is 0 Å². The van der Waals surface area contributed by atoms with E-state index >= 15 is 0 Å². The molecule has 0 amide bonds. The summed E-state index contributed by atoms with van der Waals surface area (Å²) in [7, 11) is 2.95. The van der Waals surface area contributed by atoms with E-state index in [1.165, 1.54) is 6.07 Å². The first-order valence-corrected chi connectivity index (χ1v) is 3.72. The lowest BCUT2D eigenvalue weighted by Crippen LogP contribution is -1.64. The molecule has 2 aromatic rings. The number of hydrogen-bond donors (Lipinski definition) is 1. The molecule has 60 valence electrons. The second-order valence-electron chi connectivity index (χ2n) is 2.30. The normalized spacial score (nSPS) is 10.3. The summed E-state index contributed by atoms with van der Waals surface area (Å²) in [4.78, 5) is 0. The van der Waals surface area contributed by atoms with E-state index in [1.54, 1.807) is 12.1 Å². The van der Waals surface area contributed by atoms with Gasteiger partial charge in [-0.2, -0.15) is 0 Å². The molecule has 0 bridgehead atoms. The van der Waals surface area contributed by atoms with Gasteiger partial charge in [0.1, 0.15) is 5.75 Å². The number of hydrogen-bond acceptors (Lipinski definition) is 4. The molecule has 0 saturated carbocycles. The lowest BCUT2D eigenvalue weighted by molar-refractivity contribution is 0.457. The van der Waals surface area contributed by atoms with Crippen LogP contribution in [-0.4, -0.2) is 10.3 Å². The zero-order valence-corrected chi connectivity index (χ0v) is 6.98. The molecule has 4 nitrogen and oxygen atoms in total. The monoisotopic (exact) mass is 180 g/mol. The summed E-state index contributed by atoms with van der Waals surface area (Å²) in [6, 6.07) is 4.72. The summed E-state index contributed by atoms with van der Waals surface area (Å²) in [5.41, 5.74) is 0.602. The van der Waals surface area contributed by atoms with E-state index in [0.717, 1.165) is 0 Å². The van der Waals surface area contributed by atoms with Gasteiger partial charge >= 0.3 is 0 Å². The highest BCUT2D eigenvalue weighted by Gasteiger charge is 2.05. The van der Waals surface area contributed by atoms with E-state index in [-0.39, 0.29) is 5.75 Å². The van der Waals surface area contributed by atoms with Crippen molar-refractivity contribution < 1.29 is 9.63 Å². The molecule has 0 radical (unpaired) electrons. The number of phenols is 1. The van der Waals surface area contributed by atoms with E-state index in [1.807, 2.05) is 0 Å². The van der Waals surface area contributed by atoms with Crippen molar-refractivity contribution in [2.75, 3.05) is 0 Å². The number of fused-ring (bicyclic) bond motifs is 1. The van der Waals surface area contributed by atoms with E-state index in [9.17, 15) is 0 Å². The van der Waals surface area contributed by atoms with Crippen LogP contribution in [0.15, 0.2) is 27.5 Å². The number of benzene rings is 1. The molecule has 0 aliphatic rings. The van der Waals surface area contributed by atoms with Crippen molar-refractivity contribution in [2.45, 2.75) is 0 Å². The Labute approximate surface area is 70.1 Å². The van der Waals surface area contributed by atoms with E-state index in [4.69, 9.17) is 9.63 Å². The number of rotatable bonds is 1. The van der Waals surface area contributed by atoms with Crippen LogP contribution in [0.2, 0.25) is 0 Å². The molecule has 12 heavy (non-hydrogen) atoms. The summed E-state index contributed by atoms with van der Waals surface area (Å²) in [5.74, 6) is 0.597. The Morgan fingerprint density at radius 1 is 1.50 bits per heavy atom. The number of nitrogens with zero attached hydrogens (tertiary/aromatic N) is 2. The Morgan fingerprint density at radius 3 is 3.08 bits per heavy atom. The highest BCUT2D eigenvalue weighted by molar-refractivity contribution is 7.04. The molecule has 5 heteroatoms. The molecule has 0 aliphatic carbocycles. The highest BCUT2D eigenvalue weighted by Crippen LogP contribution is 2.28. The van der Waals surface area contributed by atoms with Crippen LogP contribution >= 0.6 is 9.03 Å². The lowest BCUT2D eigenvalue weighted by atomic mass is 10.2. The molecule has 0 saturated heterocycles. The molecular weight excluding hydrogens is 175 g/mol. The van der Waals surface area contributed by atoms with Crippen LogP contribution in [0, 0.1) is 0 Å². The Morgan fingerprint density at radius 2 is 2.33 bits per heavy atom. The van der Waals surface area contributed by atoms with Crippen LogP contribution in [0.1, 0.15) is 0 Å². The van der Waals surface area contributed by atoms with Crippen molar-refractivity contribution in [3.8, 4) is 5.75 Å². The standard InChI is InChI=1S/C7H5N2O2P/c10-4-1-2-6-5(3-4)7(9-12)8-11-6/h1-3,10,12H. The quantitative estimate of drug-likeness (QED) is 0.685. The number of aromatic hydroxyl groups is 1. The third kappa shape index (κ3) is 0.970. The summed E-state index contributed by atoms with van der Waals surface area (Å²) < 4.78 is 8.60. The van der Waals surface area contributed by atoms with Gasteiger partial charge in [-0.1, -0.05) is 5.16 Å². The van der Waals surface area contributed by atoms with Crippen LogP contribution in [0.5, 0.6) is 5.75 Å². The molecule has 1 aromatic heterocycles. The molecule has 0 aliphatic heterocycles. The Hall–Kier alpha value is -1.41. The minimum atomic E-state index is 0.169. The minimum absolute atomic E-state index is 0.169. The molecule has 1 heterocycles. The van der Waals surface area contributed by atoms with Crippen LogP contribution in [0.25, 0.3) is 11.0 Å². The maximum Gasteiger partial charge on any atom is 0.206 e. The van der Waals surface area contributed by atoms with E-state index in [0.29, 0.717) is 16.8 Å². The summed E-state index contributed by atoms with van der Waals surface area (Å²) >= 11 is 0. The Balaban J connectivity index is 2.83. The first-order chi connectivity index (χ1) is 5.81. The summed E-state index contributed by atoms with van der Waals surface area (Å²) in [6.45, 7) is 0. The molecule has 1 N–H and O–H groups in total. The van der Waals surface area contributed by atoms with Crippen molar-refractivity contribution in [2.24, 2.45) is 4.74 Å². The van der Waals surface area contributed by atoms with Crippen molar-refractivity contribution in [3.05, 3.63) is 18.2 Å². The third-order valence-corrected chi connectivity index (χ3v) is 1.75. The van der Waals surface area contributed by atoms with E-state index < -0.39 is 0 Å². The van der Waals surface area contributed by atoms with Crippen molar-refractivity contribution in [1.29, 1.82) is 0 Å². The molecule has 0 atom stereocenters. The van der Waals surface area contributed by atoms with Gasteiger partial charge in [0.2, 0.25) is 5.82 Å². The fourth-order valence-electron chi connectivity index (χ4n) is 0.995. The molecule has 2 rings (SSSR count). The topological polar surface area (TPSA) is 58.6 Å². The van der Waals surface area contributed by atoms with Gasteiger partial charge < -0.3 is 9.63 Å². The second-order valence-corrected chi connectivity index (χ2v) is 2.52. The molecular formula is C7H5N2O2P. The summed E-state index contributed by atoms with van der Waals surface area (Å²) in [6.07, 6.45) is 0. The van der Waals surface area contributed by atoms with Crippen molar-refractivity contribution in [1.82, 2.24) is 5.16 Å². The van der Waals surface area contributed by atoms with Gasteiger partial charge in [0.25, 0.3) is 0 Å². The van der Waals surface area contributed by atoms with Gasteiger partial charge in [-0.25, -0.2) is 4.74 Å². The average molecular weight is 180 g/mol. The fourth-order valence-corrected chi connectivity index (χ4v) is 1.16. The highest BCUT2D eigenvalue weighted by atomic mass is 31.0. The maximum absolute atomic E-state index is 9.14. The lowest BCUT2D eigenvalue weighted by Gasteiger charge is -1.88. The van der Waals surface area contributed by atoms with Gasteiger partial charge in [0.05, 0.1) is 5.39 Å². The van der Waals surface area contributed by atoms with Gasteiger partial charge in [0.15, 0.2) is 5.58 Å². The average Bonchev–Trinajstić information content (AvgIpc) is 2.46. The van der Waals surface area contributed by atoms with Gasteiger partial charge in [-0.15, -0.1) is 0 Å². The molecule has 1 aromatic carbocycles. The fraction of sp³-hybridized carbons (Fsp3) is 0. The zero-order chi connectivity index (χ0) is 8.55. The number of aromatic nitrogens is 1. The predicted octanol–water partition coefficient (Wildman–Crippen LogP) is 2.49. The first-order valence-electron chi connectivity index (χ1n) is 3.27. The predicted molar refractivity (Wildman–Crippen MR) is 46.1 cm³/mol. The Bertz CT molecular complexity index is 438. The van der Waals surface area contributed by atoms with Crippen molar-refractivity contribution in [3.63, 3.8) is 0 Å². The third-order valence-electron chi connectivity index (χ3n) is 1.54. The van der Waals surface area contributed by atoms with E-state index in [2.05, 4.69) is 18.9 Å². The molecule has 0 unspecified atom stereocenters. The van der Waals surface area contributed by atoms with Crippen LogP contribution in [-0.2, 0) is 0 Å². The SMILES string of the molecule is Oc1ccc2onc(N=P)c2c1. The smallest absolute Gasteiger partial charge is 0.206 e. The minimum Gasteiger partial charge on any atom is -0.508 e. The summed E-state index contributed by atoms with van der Waals surface area (Å²) in [5, 5.41) is 13.5. The molecule has 0 spiro atoms. The number of phenolic OH excluding ortho intramolecular Hbond substituents is 1. The largest absolute Gasteiger partial charge is 0.508 e. The first kappa shape index (κ1) is 7.25. The van der Waals surface area contributed by atoms with Gasteiger partial charge in [-0.3, -0.25) is 0 Å². The van der Waals surface area contributed by atoms with Crippen LogP contribution in [0.4, 0.5) is 5.82 Å².